The minimum absolute atomic E-state index is 0.370. The van der Waals surface area contributed by atoms with E-state index >= 15 is 0 Å². The van der Waals surface area contributed by atoms with Crippen LogP contribution >= 0.6 is 0 Å². The standard InChI is InChI=1S/C17H16F3N5.C4H8N2/c18-17(19,20)12-4-5-14-22-10-13(25(14)11-12)16-21-7-6-15(23-16)24-8-2-1-3-9-24;1-4(6)2-3-5/h4-7,10-11H,1-3,8-9H2;2-3,5H,6H2,1H3/b;4-2-,5-3?. The first-order valence-corrected chi connectivity index (χ1v) is 9.85. The van der Waals surface area contributed by atoms with E-state index in [-0.39, 0.29) is 0 Å². The number of rotatable bonds is 3. The zero-order chi connectivity index (χ0) is 22.4. The lowest BCUT2D eigenvalue weighted by molar-refractivity contribution is -0.137. The van der Waals surface area contributed by atoms with Crippen molar-refractivity contribution in [2.75, 3.05) is 18.0 Å². The molecular weight excluding hydrogens is 407 g/mol. The maximum atomic E-state index is 13.0. The van der Waals surface area contributed by atoms with Crippen LogP contribution in [-0.4, -0.2) is 38.7 Å². The van der Waals surface area contributed by atoms with E-state index < -0.39 is 11.7 Å². The van der Waals surface area contributed by atoms with Gasteiger partial charge in [-0.15, -0.1) is 0 Å². The van der Waals surface area contributed by atoms with E-state index in [1.807, 2.05) is 6.07 Å². The third-order valence-corrected chi connectivity index (χ3v) is 4.73. The predicted octanol–water partition coefficient (Wildman–Crippen LogP) is 4.30. The Morgan fingerprint density at radius 2 is 1.87 bits per heavy atom. The molecule has 3 aromatic heterocycles. The second kappa shape index (κ2) is 9.59. The zero-order valence-corrected chi connectivity index (χ0v) is 17.1. The Bertz CT molecular complexity index is 1060. The third-order valence-electron chi connectivity index (χ3n) is 4.73. The van der Waals surface area contributed by atoms with E-state index in [4.69, 9.17) is 11.1 Å². The van der Waals surface area contributed by atoms with Crippen molar-refractivity contribution in [2.24, 2.45) is 5.73 Å². The first kappa shape index (κ1) is 22.3. The van der Waals surface area contributed by atoms with Crippen LogP contribution in [-0.2, 0) is 6.18 Å². The Morgan fingerprint density at radius 3 is 2.48 bits per heavy atom. The second-order valence-corrected chi connectivity index (χ2v) is 7.15. The minimum atomic E-state index is -4.41. The van der Waals surface area contributed by atoms with E-state index in [1.54, 1.807) is 13.1 Å². The van der Waals surface area contributed by atoms with Gasteiger partial charge in [-0.3, -0.25) is 4.40 Å². The number of anilines is 1. The molecule has 0 unspecified atom stereocenters. The lowest BCUT2D eigenvalue weighted by Gasteiger charge is -2.27. The molecule has 4 rings (SSSR count). The van der Waals surface area contributed by atoms with Crippen LogP contribution in [0, 0.1) is 5.41 Å². The summed E-state index contributed by atoms with van der Waals surface area (Å²) in [5.41, 5.74) is 5.92. The highest BCUT2D eigenvalue weighted by Gasteiger charge is 2.31. The number of aromatic nitrogens is 4. The van der Waals surface area contributed by atoms with E-state index in [1.165, 1.54) is 29.2 Å². The number of nitrogens with two attached hydrogens (primary N) is 1. The topological polar surface area (TPSA) is 96.2 Å². The maximum absolute atomic E-state index is 13.0. The number of allylic oxidation sites excluding steroid dienone is 2. The Morgan fingerprint density at radius 1 is 1.13 bits per heavy atom. The number of pyridine rings is 1. The van der Waals surface area contributed by atoms with Gasteiger partial charge in [0.2, 0.25) is 0 Å². The molecule has 3 N–H and O–H groups in total. The molecular formula is C21H24F3N7. The first-order chi connectivity index (χ1) is 14.8. The number of nitrogens with zero attached hydrogens (tertiary/aromatic N) is 5. The molecule has 0 aromatic carbocycles. The molecule has 10 heteroatoms. The van der Waals surface area contributed by atoms with Crippen molar-refractivity contribution in [3.05, 3.63) is 54.1 Å². The van der Waals surface area contributed by atoms with Crippen molar-refractivity contribution < 1.29 is 13.2 Å². The van der Waals surface area contributed by atoms with Crippen LogP contribution in [0.1, 0.15) is 31.7 Å². The molecule has 31 heavy (non-hydrogen) atoms. The monoisotopic (exact) mass is 431 g/mol. The van der Waals surface area contributed by atoms with Gasteiger partial charge in [0.15, 0.2) is 5.82 Å². The summed E-state index contributed by atoms with van der Waals surface area (Å²) in [7, 11) is 0. The molecule has 0 atom stereocenters. The summed E-state index contributed by atoms with van der Waals surface area (Å²) in [6.45, 7) is 3.61. The van der Waals surface area contributed by atoms with E-state index in [0.717, 1.165) is 50.2 Å². The van der Waals surface area contributed by atoms with Gasteiger partial charge >= 0.3 is 6.18 Å². The molecule has 1 fully saturated rings. The Balaban J connectivity index is 0.000000401. The lowest BCUT2D eigenvalue weighted by Crippen LogP contribution is -2.30. The fourth-order valence-corrected chi connectivity index (χ4v) is 3.22. The summed E-state index contributed by atoms with van der Waals surface area (Å²) in [5, 5.41) is 6.45. The number of hydrogen-bond donors (Lipinski definition) is 2. The van der Waals surface area contributed by atoms with Crippen LogP contribution in [0.2, 0.25) is 0 Å². The van der Waals surface area contributed by atoms with Crippen LogP contribution in [0.3, 0.4) is 0 Å². The van der Waals surface area contributed by atoms with Crippen molar-refractivity contribution in [2.45, 2.75) is 32.4 Å². The quantitative estimate of drug-likeness (QED) is 0.603. The summed E-state index contributed by atoms with van der Waals surface area (Å²) >= 11 is 0. The number of hydrogen-bond acceptors (Lipinski definition) is 6. The number of halogens is 3. The first-order valence-electron chi connectivity index (χ1n) is 9.85. The average Bonchev–Trinajstić information content (AvgIpc) is 3.18. The molecule has 0 aliphatic carbocycles. The summed E-state index contributed by atoms with van der Waals surface area (Å²) in [5.74, 6) is 1.17. The van der Waals surface area contributed by atoms with Crippen LogP contribution in [0.15, 0.2) is 48.6 Å². The van der Waals surface area contributed by atoms with Gasteiger partial charge in [0.1, 0.15) is 17.2 Å². The minimum Gasteiger partial charge on any atom is -0.402 e. The maximum Gasteiger partial charge on any atom is 0.417 e. The molecule has 0 bridgehead atoms. The van der Waals surface area contributed by atoms with E-state index in [9.17, 15) is 13.2 Å². The largest absolute Gasteiger partial charge is 0.417 e. The second-order valence-electron chi connectivity index (χ2n) is 7.15. The summed E-state index contributed by atoms with van der Waals surface area (Å²) in [6.07, 6.45) is 5.90. The fraction of sp³-hybridized carbons (Fsp3) is 0.333. The fourth-order valence-electron chi connectivity index (χ4n) is 3.22. The smallest absolute Gasteiger partial charge is 0.402 e. The van der Waals surface area contributed by atoms with Crippen molar-refractivity contribution in [1.29, 1.82) is 5.41 Å². The van der Waals surface area contributed by atoms with Crippen molar-refractivity contribution in [3.63, 3.8) is 0 Å². The highest BCUT2D eigenvalue weighted by Crippen LogP contribution is 2.30. The molecule has 4 heterocycles. The van der Waals surface area contributed by atoms with Gasteiger partial charge in [-0.25, -0.2) is 15.0 Å². The molecule has 1 aliphatic rings. The van der Waals surface area contributed by atoms with Crippen LogP contribution in [0.5, 0.6) is 0 Å². The molecule has 1 aliphatic heterocycles. The van der Waals surface area contributed by atoms with Crippen LogP contribution in [0.25, 0.3) is 17.2 Å². The van der Waals surface area contributed by atoms with Gasteiger partial charge in [-0.1, -0.05) is 0 Å². The van der Waals surface area contributed by atoms with Crippen LogP contribution in [0.4, 0.5) is 19.0 Å². The van der Waals surface area contributed by atoms with Gasteiger partial charge in [-0.2, -0.15) is 13.2 Å². The zero-order valence-electron chi connectivity index (χ0n) is 17.1. The van der Waals surface area contributed by atoms with Gasteiger partial charge in [0, 0.05) is 37.4 Å². The third kappa shape index (κ3) is 5.59. The SMILES string of the molecule is C/C(N)=C/C=N.FC(F)(F)c1ccc2ncc(-c3nccc(N4CCCCC4)n3)n2c1. The van der Waals surface area contributed by atoms with Crippen molar-refractivity contribution in [3.8, 4) is 11.5 Å². The van der Waals surface area contributed by atoms with Crippen LogP contribution < -0.4 is 10.6 Å². The molecule has 0 spiro atoms. The highest BCUT2D eigenvalue weighted by atomic mass is 19.4. The molecule has 0 amide bonds. The predicted molar refractivity (Wildman–Crippen MR) is 114 cm³/mol. The summed E-state index contributed by atoms with van der Waals surface area (Å²) in [4.78, 5) is 15.1. The Hall–Kier alpha value is -3.43. The molecule has 164 valence electrons. The molecule has 3 aromatic rings. The van der Waals surface area contributed by atoms with E-state index in [2.05, 4.69) is 19.9 Å². The van der Waals surface area contributed by atoms with Gasteiger partial charge in [-0.05, 0) is 50.5 Å². The number of nitrogens with one attached hydrogen (secondary N) is 1. The average molecular weight is 431 g/mol. The molecule has 0 radical (unpaired) electrons. The van der Waals surface area contributed by atoms with Crippen molar-refractivity contribution >= 4 is 17.7 Å². The normalized spacial score (nSPS) is 14.8. The van der Waals surface area contributed by atoms with E-state index in [0.29, 0.717) is 22.9 Å². The molecule has 1 saturated heterocycles. The number of alkyl halides is 3. The summed E-state index contributed by atoms with van der Waals surface area (Å²) in [6, 6.07) is 4.21. The lowest BCUT2D eigenvalue weighted by atomic mass is 10.1. The highest BCUT2D eigenvalue weighted by molar-refractivity contribution is 5.68. The van der Waals surface area contributed by atoms with Crippen molar-refractivity contribution in [1.82, 2.24) is 19.4 Å². The Labute approximate surface area is 178 Å². The number of imidazole rings is 1. The van der Waals surface area contributed by atoms with Gasteiger partial charge in [0.05, 0.1) is 11.8 Å². The molecule has 0 saturated carbocycles. The number of piperidine rings is 1. The van der Waals surface area contributed by atoms with Gasteiger partial charge < -0.3 is 16.0 Å². The molecule has 7 nitrogen and oxygen atoms in total. The number of fused-ring (bicyclic) bond motifs is 1. The summed E-state index contributed by atoms with van der Waals surface area (Å²) < 4.78 is 40.4. The Kier molecular flexibility index (Phi) is 6.88. The van der Waals surface area contributed by atoms with Gasteiger partial charge in [0.25, 0.3) is 0 Å².